The van der Waals surface area contributed by atoms with Crippen LogP contribution in [0.2, 0.25) is 0 Å². The van der Waals surface area contributed by atoms with Gasteiger partial charge in [0.25, 0.3) is 0 Å². The SMILES string of the molecule is CC(C)(C)OC(=O)N1CCCC(N2CC(CN=[N+]=[N-])CC2=O)CC1. The predicted octanol–water partition coefficient (Wildman–Crippen LogP) is 2.93. The Morgan fingerprint density at radius 1 is 1.38 bits per heavy atom. The van der Waals surface area contributed by atoms with Crippen molar-refractivity contribution in [2.45, 2.75) is 58.1 Å². The Morgan fingerprint density at radius 2 is 2.12 bits per heavy atom. The summed E-state index contributed by atoms with van der Waals surface area (Å²) >= 11 is 0. The fourth-order valence-corrected chi connectivity index (χ4v) is 3.34. The molecular weight excluding hydrogens is 310 g/mol. The van der Waals surface area contributed by atoms with E-state index in [9.17, 15) is 9.59 Å². The summed E-state index contributed by atoms with van der Waals surface area (Å²) in [6, 6.07) is 0.154. The van der Waals surface area contributed by atoms with Crippen LogP contribution < -0.4 is 0 Å². The molecule has 0 aromatic carbocycles. The Hall–Kier alpha value is -1.95. The van der Waals surface area contributed by atoms with Crippen molar-refractivity contribution in [3.63, 3.8) is 0 Å². The highest BCUT2D eigenvalue weighted by atomic mass is 16.6. The van der Waals surface area contributed by atoms with Crippen molar-refractivity contribution < 1.29 is 14.3 Å². The highest BCUT2D eigenvalue weighted by Crippen LogP contribution is 2.26. The Balaban J connectivity index is 1.90. The van der Waals surface area contributed by atoms with Crippen LogP contribution in [0.1, 0.15) is 46.5 Å². The monoisotopic (exact) mass is 337 g/mol. The van der Waals surface area contributed by atoms with E-state index in [2.05, 4.69) is 10.0 Å². The number of azide groups is 1. The van der Waals surface area contributed by atoms with Gasteiger partial charge in [0.1, 0.15) is 5.60 Å². The topological polar surface area (TPSA) is 98.6 Å². The van der Waals surface area contributed by atoms with Crippen LogP contribution in [-0.2, 0) is 9.53 Å². The lowest BCUT2D eigenvalue weighted by Crippen LogP contribution is -2.39. The summed E-state index contributed by atoms with van der Waals surface area (Å²) in [4.78, 5) is 30.9. The van der Waals surface area contributed by atoms with E-state index >= 15 is 0 Å². The Morgan fingerprint density at radius 3 is 2.79 bits per heavy atom. The van der Waals surface area contributed by atoms with Gasteiger partial charge >= 0.3 is 6.09 Å². The minimum Gasteiger partial charge on any atom is -0.444 e. The van der Waals surface area contributed by atoms with Gasteiger partial charge in [-0.2, -0.15) is 0 Å². The average Bonchev–Trinajstić information content (AvgIpc) is 2.71. The molecule has 8 nitrogen and oxygen atoms in total. The maximum atomic E-state index is 12.2. The molecule has 0 bridgehead atoms. The van der Waals surface area contributed by atoms with Crippen molar-refractivity contribution >= 4 is 12.0 Å². The largest absolute Gasteiger partial charge is 0.444 e. The van der Waals surface area contributed by atoms with E-state index in [0.29, 0.717) is 32.6 Å². The summed E-state index contributed by atoms with van der Waals surface area (Å²) in [6.07, 6.45) is 2.68. The molecule has 0 spiro atoms. The molecule has 2 rings (SSSR count). The highest BCUT2D eigenvalue weighted by molar-refractivity contribution is 5.79. The number of ether oxygens (including phenoxy) is 1. The van der Waals surface area contributed by atoms with E-state index < -0.39 is 5.60 Å². The van der Waals surface area contributed by atoms with Crippen LogP contribution in [0.25, 0.3) is 10.4 Å². The fourth-order valence-electron chi connectivity index (χ4n) is 3.34. The van der Waals surface area contributed by atoms with Crippen LogP contribution in [0.3, 0.4) is 0 Å². The van der Waals surface area contributed by atoms with Crippen LogP contribution in [0.15, 0.2) is 5.11 Å². The summed E-state index contributed by atoms with van der Waals surface area (Å²) in [6.45, 7) is 7.86. The van der Waals surface area contributed by atoms with Crippen LogP contribution in [0, 0.1) is 5.92 Å². The Labute approximate surface area is 142 Å². The van der Waals surface area contributed by atoms with Gasteiger partial charge in [-0.1, -0.05) is 5.11 Å². The molecule has 2 fully saturated rings. The third kappa shape index (κ3) is 5.03. The van der Waals surface area contributed by atoms with Crippen LogP contribution in [-0.4, -0.2) is 59.6 Å². The lowest BCUT2D eigenvalue weighted by molar-refractivity contribution is -0.129. The molecule has 2 amide bonds. The van der Waals surface area contributed by atoms with Crippen molar-refractivity contribution in [2.24, 2.45) is 11.0 Å². The van der Waals surface area contributed by atoms with Crippen molar-refractivity contribution in [3.8, 4) is 0 Å². The molecule has 0 radical (unpaired) electrons. The molecule has 2 aliphatic rings. The van der Waals surface area contributed by atoms with Gasteiger partial charge in [0, 0.05) is 43.6 Å². The molecule has 24 heavy (non-hydrogen) atoms. The lowest BCUT2D eigenvalue weighted by atomic mass is 10.1. The van der Waals surface area contributed by atoms with Gasteiger partial charge in [0.2, 0.25) is 5.91 Å². The lowest BCUT2D eigenvalue weighted by Gasteiger charge is -2.28. The smallest absolute Gasteiger partial charge is 0.410 e. The minimum atomic E-state index is -0.498. The zero-order valence-electron chi connectivity index (χ0n) is 14.8. The molecule has 8 heteroatoms. The minimum absolute atomic E-state index is 0.110. The summed E-state index contributed by atoms with van der Waals surface area (Å²) in [5.41, 5.74) is 7.92. The van der Waals surface area contributed by atoms with Crippen LogP contribution in [0.5, 0.6) is 0 Å². The molecule has 0 saturated carbocycles. The van der Waals surface area contributed by atoms with Crippen LogP contribution in [0.4, 0.5) is 4.79 Å². The molecule has 134 valence electrons. The van der Waals surface area contributed by atoms with E-state index in [4.69, 9.17) is 10.3 Å². The summed E-state index contributed by atoms with van der Waals surface area (Å²) < 4.78 is 5.44. The molecule has 2 saturated heterocycles. The predicted molar refractivity (Wildman–Crippen MR) is 89.3 cm³/mol. The first-order valence-electron chi connectivity index (χ1n) is 8.58. The number of nitrogens with zero attached hydrogens (tertiary/aromatic N) is 5. The molecular formula is C16H27N5O3. The molecule has 2 atom stereocenters. The highest BCUT2D eigenvalue weighted by Gasteiger charge is 2.35. The standard InChI is InChI=1S/C16H27N5O3/c1-16(2,3)24-15(23)20-7-4-5-13(6-8-20)21-11-12(9-14(21)22)10-18-19-17/h12-13H,4-11H2,1-3H3. The number of carbonyl (C=O) groups is 2. The molecule has 0 aliphatic carbocycles. The molecule has 2 heterocycles. The van der Waals surface area contributed by atoms with E-state index in [0.717, 1.165) is 19.3 Å². The van der Waals surface area contributed by atoms with Crippen molar-refractivity contribution in [1.82, 2.24) is 9.80 Å². The third-order valence-corrected chi connectivity index (χ3v) is 4.43. The van der Waals surface area contributed by atoms with E-state index in [1.807, 2.05) is 25.7 Å². The van der Waals surface area contributed by atoms with Crippen LogP contribution >= 0.6 is 0 Å². The van der Waals surface area contributed by atoms with Crippen molar-refractivity contribution in [2.75, 3.05) is 26.2 Å². The maximum absolute atomic E-state index is 12.2. The third-order valence-electron chi connectivity index (χ3n) is 4.43. The van der Waals surface area contributed by atoms with Crippen molar-refractivity contribution in [3.05, 3.63) is 10.4 Å². The van der Waals surface area contributed by atoms with Gasteiger partial charge < -0.3 is 14.5 Å². The molecule has 2 aliphatic heterocycles. The first-order chi connectivity index (χ1) is 11.3. The zero-order chi connectivity index (χ0) is 17.7. The number of hydrogen-bond donors (Lipinski definition) is 0. The molecule has 2 unspecified atom stereocenters. The normalized spacial score (nSPS) is 25.2. The van der Waals surface area contributed by atoms with E-state index in [-0.39, 0.29) is 24.0 Å². The van der Waals surface area contributed by atoms with Gasteiger partial charge in [0.05, 0.1) is 0 Å². The molecule has 0 N–H and O–H groups in total. The summed E-state index contributed by atoms with van der Waals surface area (Å²) in [5, 5.41) is 3.59. The zero-order valence-corrected chi connectivity index (χ0v) is 14.8. The number of rotatable bonds is 3. The number of hydrogen-bond acceptors (Lipinski definition) is 4. The quantitative estimate of drug-likeness (QED) is 0.449. The molecule has 0 aromatic rings. The van der Waals surface area contributed by atoms with Gasteiger partial charge in [0.15, 0.2) is 0 Å². The second-order valence-electron chi connectivity index (χ2n) is 7.58. The Bertz CT molecular complexity index is 524. The van der Waals surface area contributed by atoms with E-state index in [1.165, 1.54) is 0 Å². The van der Waals surface area contributed by atoms with Gasteiger partial charge in [-0.05, 0) is 51.5 Å². The summed E-state index contributed by atoms with van der Waals surface area (Å²) in [7, 11) is 0. The maximum Gasteiger partial charge on any atom is 0.410 e. The molecule has 0 aromatic heterocycles. The number of carbonyl (C=O) groups excluding carboxylic acids is 2. The first-order valence-corrected chi connectivity index (χ1v) is 8.58. The van der Waals surface area contributed by atoms with E-state index in [1.54, 1.807) is 4.90 Å². The number of amides is 2. The fraction of sp³-hybridized carbons (Fsp3) is 0.875. The average molecular weight is 337 g/mol. The van der Waals surface area contributed by atoms with Gasteiger partial charge in [-0.3, -0.25) is 4.79 Å². The van der Waals surface area contributed by atoms with Gasteiger partial charge in [-0.25, -0.2) is 4.79 Å². The second-order valence-corrected chi connectivity index (χ2v) is 7.58. The Kier molecular flexibility index (Phi) is 5.94. The summed E-state index contributed by atoms with van der Waals surface area (Å²) in [5.74, 6) is 0.238. The van der Waals surface area contributed by atoms with Gasteiger partial charge in [-0.15, -0.1) is 0 Å². The van der Waals surface area contributed by atoms with Crippen molar-refractivity contribution in [1.29, 1.82) is 0 Å². The number of likely N-dealkylation sites (tertiary alicyclic amines) is 2. The second kappa shape index (κ2) is 7.75. The first kappa shape index (κ1) is 18.4.